The molecule has 4 rings (SSSR count). The van der Waals surface area contributed by atoms with E-state index in [2.05, 4.69) is 43.0 Å². The number of rotatable bonds is 5. The highest BCUT2D eigenvalue weighted by molar-refractivity contribution is 7.80. The van der Waals surface area contributed by atoms with Crippen LogP contribution < -0.4 is 45.7 Å². The van der Waals surface area contributed by atoms with Crippen LogP contribution in [-0.2, 0) is 4.79 Å². The van der Waals surface area contributed by atoms with Gasteiger partial charge in [0.2, 0.25) is 0 Å². The molecule has 0 radical (unpaired) electrons. The molecule has 0 unspecified atom stereocenters. The number of carbonyl (C=O) groups excluding carboxylic acids is 5. The molecule has 5 amide bonds. The summed E-state index contributed by atoms with van der Waals surface area (Å²) >= 11 is 3.88. The fraction of sp³-hybridized carbons (Fsp3) is 0.0500. The summed E-state index contributed by atoms with van der Waals surface area (Å²) in [5, 5.41) is 16.7. The Morgan fingerprint density at radius 2 is 1.23 bits per heavy atom. The second-order valence-electron chi connectivity index (χ2n) is 7.54. The SMILES string of the molecule is CC(=O)O.NC(=O)c1c(N)[nH]c(S)c1C(N)=O.NC(=O)c1c[nH]c(N)c1C(N)=O.NC(=O)c1c[nH]c2nn[nH]c(=O)c12.O. The van der Waals surface area contributed by atoms with Gasteiger partial charge in [-0.05, 0) is 0 Å². The normalized spacial score (nSPS) is 9.44. The quantitative estimate of drug-likeness (QED) is 0.0941. The summed E-state index contributed by atoms with van der Waals surface area (Å²) in [7, 11) is 0. The van der Waals surface area contributed by atoms with Crippen molar-refractivity contribution in [2.75, 3.05) is 11.5 Å². The molecule has 4 aromatic rings. The van der Waals surface area contributed by atoms with Crippen LogP contribution in [0.3, 0.4) is 0 Å². The van der Waals surface area contributed by atoms with Gasteiger partial charge in [-0.15, -0.1) is 17.7 Å². The van der Waals surface area contributed by atoms with E-state index in [1.165, 1.54) is 12.4 Å². The molecule has 0 bridgehead atoms. The molecular formula is C20H27N13O9S. The molecule has 4 aromatic heterocycles. The van der Waals surface area contributed by atoms with Crippen molar-refractivity contribution in [1.29, 1.82) is 0 Å². The number of amides is 5. The van der Waals surface area contributed by atoms with Crippen molar-refractivity contribution in [2.24, 2.45) is 28.7 Å². The Morgan fingerprint density at radius 3 is 1.63 bits per heavy atom. The highest BCUT2D eigenvalue weighted by Crippen LogP contribution is 2.22. The smallest absolute Gasteiger partial charge is 0.300 e. The number of nitrogens with two attached hydrogens (primary N) is 7. The first-order valence-corrected chi connectivity index (χ1v) is 11.1. The van der Waals surface area contributed by atoms with Crippen LogP contribution in [0.5, 0.6) is 0 Å². The fourth-order valence-electron chi connectivity index (χ4n) is 2.99. The standard InChI is InChI=1S/C6H5N5O2.C6H8N4O2S.C6H8N4O2.C2H4O2.H2O/c7-4(12)2-1-8-5-3(2)6(13)10-11-9-5;7-3-1(4(8)11)2(5(9)12)6(13)10-3;7-4-3(6(9)12)2(1-10-4)5(8)11;1-2(3)4;/h1H,(H2,7,12)(H2,8,9,10,13);10,13H,7H2,(H2,8,11)(H2,9,12);1,10H,7H2,(H2,8,11)(H2,9,12);1H3,(H,3,4);1H2. The number of thiol groups is 1. The number of nitrogens with one attached hydrogen (secondary N) is 4. The minimum Gasteiger partial charge on any atom is -0.481 e. The summed E-state index contributed by atoms with van der Waals surface area (Å²) in [6.45, 7) is 1.08. The molecule has 0 aliphatic rings. The summed E-state index contributed by atoms with van der Waals surface area (Å²) in [6.07, 6.45) is 2.58. The maximum absolute atomic E-state index is 11.2. The first-order valence-electron chi connectivity index (χ1n) is 10.7. The topological polar surface area (TPSA) is 442 Å². The van der Waals surface area contributed by atoms with Crippen LogP contribution in [0.1, 0.15) is 58.7 Å². The lowest BCUT2D eigenvalue weighted by Gasteiger charge is -1.96. The predicted molar refractivity (Wildman–Crippen MR) is 152 cm³/mol. The van der Waals surface area contributed by atoms with Crippen LogP contribution >= 0.6 is 12.6 Å². The average Bonchev–Trinajstić information content (AvgIpc) is 3.54. The molecule has 0 aliphatic heterocycles. The van der Waals surface area contributed by atoms with E-state index in [4.69, 9.17) is 50.0 Å². The maximum atomic E-state index is 11.2. The van der Waals surface area contributed by atoms with Gasteiger partial charge < -0.3 is 65.7 Å². The summed E-state index contributed by atoms with van der Waals surface area (Å²) in [4.78, 5) is 81.7. The fourth-order valence-corrected chi connectivity index (χ4v) is 3.33. The minimum absolute atomic E-state index is 0. The Labute approximate surface area is 243 Å². The first kappa shape index (κ1) is 36.6. The van der Waals surface area contributed by atoms with Gasteiger partial charge in [0.1, 0.15) is 17.0 Å². The van der Waals surface area contributed by atoms with Gasteiger partial charge in [0.05, 0.1) is 32.8 Å². The zero-order valence-electron chi connectivity index (χ0n) is 21.8. The highest BCUT2D eigenvalue weighted by Gasteiger charge is 2.22. The molecule has 21 N–H and O–H groups in total. The van der Waals surface area contributed by atoms with E-state index < -0.39 is 41.1 Å². The lowest BCUT2D eigenvalue weighted by atomic mass is 10.1. The van der Waals surface area contributed by atoms with Crippen molar-refractivity contribution >= 4 is 70.8 Å². The van der Waals surface area contributed by atoms with E-state index >= 15 is 0 Å². The van der Waals surface area contributed by atoms with E-state index in [0.717, 1.165) is 6.92 Å². The number of hydrogen-bond acceptors (Lipinski definition) is 12. The molecule has 0 saturated heterocycles. The highest BCUT2D eigenvalue weighted by atomic mass is 32.1. The summed E-state index contributed by atoms with van der Waals surface area (Å²) in [5.41, 5.74) is 35.2. The van der Waals surface area contributed by atoms with Crippen molar-refractivity contribution in [3.05, 3.63) is 50.6 Å². The molecule has 0 fully saturated rings. The molecule has 232 valence electrons. The number of carboxylic acid groups (broad SMARTS) is 1. The van der Waals surface area contributed by atoms with Gasteiger partial charge in [0.25, 0.3) is 41.1 Å². The average molecular weight is 626 g/mol. The van der Waals surface area contributed by atoms with E-state index in [1.54, 1.807) is 0 Å². The van der Waals surface area contributed by atoms with Crippen LogP contribution in [0.4, 0.5) is 11.6 Å². The van der Waals surface area contributed by atoms with Gasteiger partial charge >= 0.3 is 0 Å². The second-order valence-corrected chi connectivity index (χ2v) is 7.98. The van der Waals surface area contributed by atoms with Crippen LogP contribution in [-0.4, -0.2) is 76.5 Å². The molecule has 23 heteroatoms. The number of carbonyl (C=O) groups is 6. The maximum Gasteiger partial charge on any atom is 0.300 e. The molecule has 43 heavy (non-hydrogen) atoms. The van der Waals surface area contributed by atoms with Crippen LogP contribution in [0.2, 0.25) is 0 Å². The van der Waals surface area contributed by atoms with Gasteiger partial charge in [-0.25, -0.2) is 5.10 Å². The molecule has 4 heterocycles. The molecular weight excluding hydrogens is 598 g/mol. The Kier molecular flexibility index (Phi) is 13.2. The number of carboxylic acids is 1. The third-order valence-corrected chi connectivity index (χ3v) is 4.91. The van der Waals surface area contributed by atoms with E-state index in [9.17, 15) is 28.8 Å². The number of aliphatic carboxylic acids is 1. The van der Waals surface area contributed by atoms with Gasteiger partial charge in [0, 0.05) is 19.3 Å². The lowest BCUT2D eigenvalue weighted by Crippen LogP contribution is -2.20. The summed E-state index contributed by atoms with van der Waals surface area (Å²) < 4.78 is 0. The van der Waals surface area contributed by atoms with E-state index in [-0.39, 0.29) is 61.0 Å². The number of primary amides is 5. The lowest BCUT2D eigenvalue weighted by molar-refractivity contribution is -0.134. The Morgan fingerprint density at radius 1 is 0.767 bits per heavy atom. The molecule has 0 atom stereocenters. The monoisotopic (exact) mass is 625 g/mol. The first-order chi connectivity index (χ1) is 19.4. The number of anilines is 2. The molecule has 0 aromatic carbocycles. The Hall–Kier alpha value is -6.36. The van der Waals surface area contributed by atoms with Gasteiger partial charge in [-0.2, -0.15) is 0 Å². The number of nitrogen functional groups attached to an aromatic ring is 2. The molecule has 22 nitrogen and oxygen atoms in total. The number of hydrogen-bond donors (Lipinski definition) is 13. The van der Waals surface area contributed by atoms with Crippen LogP contribution in [0, 0.1) is 0 Å². The number of nitrogens with zero attached hydrogens (tertiary/aromatic N) is 2. The van der Waals surface area contributed by atoms with E-state index in [0.29, 0.717) is 0 Å². The zero-order chi connectivity index (χ0) is 32.5. The van der Waals surface area contributed by atoms with E-state index in [1.807, 2.05) is 0 Å². The molecule has 0 saturated carbocycles. The zero-order valence-corrected chi connectivity index (χ0v) is 22.7. The van der Waals surface area contributed by atoms with Crippen molar-refractivity contribution in [3.8, 4) is 0 Å². The summed E-state index contributed by atoms with van der Waals surface area (Å²) in [5.74, 6) is -4.60. The van der Waals surface area contributed by atoms with Crippen LogP contribution in [0.15, 0.2) is 22.2 Å². The number of aromatic nitrogens is 6. The predicted octanol–water partition coefficient (Wildman–Crippen LogP) is -4.11. The molecule has 0 spiro atoms. The van der Waals surface area contributed by atoms with Crippen molar-refractivity contribution < 1.29 is 39.3 Å². The third-order valence-electron chi connectivity index (χ3n) is 4.58. The van der Waals surface area contributed by atoms with Gasteiger partial charge in [-0.3, -0.25) is 33.6 Å². The second kappa shape index (κ2) is 15.4. The molecule has 0 aliphatic carbocycles. The third kappa shape index (κ3) is 9.36. The Bertz CT molecular complexity index is 1700. The number of H-pyrrole nitrogens is 4. The van der Waals surface area contributed by atoms with Crippen molar-refractivity contribution in [1.82, 2.24) is 30.4 Å². The number of fused-ring (bicyclic) bond motifs is 1. The largest absolute Gasteiger partial charge is 0.481 e. The minimum atomic E-state index is -0.833. The van der Waals surface area contributed by atoms with Gasteiger partial charge in [-0.1, -0.05) is 5.21 Å². The van der Waals surface area contributed by atoms with Crippen LogP contribution in [0.25, 0.3) is 11.0 Å². The van der Waals surface area contributed by atoms with Crippen molar-refractivity contribution in [3.63, 3.8) is 0 Å². The van der Waals surface area contributed by atoms with Crippen molar-refractivity contribution in [2.45, 2.75) is 11.9 Å². The Balaban J connectivity index is 0.000000573. The number of aromatic amines is 4. The summed E-state index contributed by atoms with van der Waals surface area (Å²) in [6, 6.07) is 0. The van der Waals surface area contributed by atoms with Gasteiger partial charge in [0.15, 0.2) is 5.65 Å².